The number of rotatable bonds is 2. The molecule has 1 rings (SSSR count). The van der Waals surface area contributed by atoms with E-state index >= 15 is 0 Å². The van der Waals surface area contributed by atoms with Gasteiger partial charge in [-0.25, -0.2) is 0 Å². The van der Waals surface area contributed by atoms with E-state index in [9.17, 15) is 31.1 Å². The lowest BCUT2D eigenvalue weighted by Gasteiger charge is -2.17. The van der Waals surface area contributed by atoms with Crippen LogP contribution in [0.2, 0.25) is 0 Å². The molecule has 1 heterocycles. The summed E-state index contributed by atoms with van der Waals surface area (Å²) in [6, 6.07) is 0.00940. The predicted molar refractivity (Wildman–Crippen MR) is 44.7 cm³/mol. The number of hydrogen-bond donors (Lipinski definition) is 2. The van der Waals surface area contributed by atoms with E-state index in [1.807, 2.05) is 0 Å². The van der Waals surface area contributed by atoms with Crippen molar-refractivity contribution in [3.8, 4) is 5.75 Å². The maximum absolute atomic E-state index is 12.5. The lowest BCUT2D eigenvalue weighted by Crippen LogP contribution is -2.24. The summed E-state index contributed by atoms with van der Waals surface area (Å²) in [5.74, 6) is -1.71. The number of hydrogen-bond acceptors (Lipinski definition) is 3. The maximum Gasteiger partial charge on any atom is 0.573 e. The second-order valence-electron chi connectivity index (χ2n) is 3.06. The van der Waals surface area contributed by atoms with Gasteiger partial charge in [0.05, 0.1) is 12.3 Å². The normalized spacial score (nSPS) is 12.6. The molecule has 0 amide bonds. The highest BCUT2D eigenvalue weighted by Gasteiger charge is 2.41. The topological polar surface area (TPSA) is 62.3 Å². The number of alkyl halides is 6. The third-order valence-corrected chi connectivity index (χ3v) is 1.75. The minimum atomic E-state index is -5.39. The van der Waals surface area contributed by atoms with Gasteiger partial charge in [0.2, 0.25) is 0 Å². The van der Waals surface area contributed by atoms with Crippen molar-refractivity contribution in [2.45, 2.75) is 19.1 Å². The molecule has 0 bridgehead atoms. The van der Waals surface area contributed by atoms with Gasteiger partial charge in [0.15, 0.2) is 0 Å². The van der Waals surface area contributed by atoms with Gasteiger partial charge in [0, 0.05) is 6.07 Å². The number of H-pyrrole nitrogens is 1. The Morgan fingerprint density at radius 1 is 1.22 bits per heavy atom. The first-order valence-corrected chi connectivity index (χ1v) is 4.24. The monoisotopic (exact) mass is 277 g/mol. The fourth-order valence-corrected chi connectivity index (χ4v) is 1.22. The number of pyridine rings is 1. The van der Waals surface area contributed by atoms with E-state index in [1.165, 1.54) is 0 Å². The van der Waals surface area contributed by atoms with Gasteiger partial charge >= 0.3 is 12.5 Å². The first-order valence-electron chi connectivity index (χ1n) is 4.24. The molecule has 0 aliphatic carbocycles. The van der Waals surface area contributed by atoms with E-state index in [0.29, 0.717) is 0 Å². The summed E-state index contributed by atoms with van der Waals surface area (Å²) in [6.45, 7) is -1.29. The van der Waals surface area contributed by atoms with Crippen LogP contribution in [0.1, 0.15) is 11.3 Å². The molecule has 0 saturated heterocycles. The van der Waals surface area contributed by atoms with E-state index in [0.717, 1.165) is 0 Å². The molecule has 0 aliphatic heterocycles. The van der Waals surface area contributed by atoms with Crippen molar-refractivity contribution in [2.24, 2.45) is 0 Å². The zero-order chi connectivity index (χ0) is 14.1. The Morgan fingerprint density at radius 2 is 1.78 bits per heavy atom. The zero-order valence-electron chi connectivity index (χ0n) is 8.32. The quantitative estimate of drug-likeness (QED) is 0.810. The van der Waals surface area contributed by atoms with Gasteiger partial charge in [-0.2, -0.15) is 13.2 Å². The van der Waals surface area contributed by atoms with Crippen molar-refractivity contribution in [1.82, 2.24) is 4.98 Å². The molecular weight excluding hydrogens is 272 g/mol. The molecule has 0 unspecified atom stereocenters. The second-order valence-corrected chi connectivity index (χ2v) is 3.06. The van der Waals surface area contributed by atoms with Gasteiger partial charge in [-0.1, -0.05) is 0 Å². The van der Waals surface area contributed by atoms with Crippen LogP contribution >= 0.6 is 0 Å². The van der Waals surface area contributed by atoms with Crippen LogP contribution in [-0.4, -0.2) is 16.5 Å². The summed E-state index contributed by atoms with van der Waals surface area (Å²) in [5.41, 5.74) is -4.23. The third-order valence-electron chi connectivity index (χ3n) is 1.75. The Kier molecular flexibility index (Phi) is 3.60. The van der Waals surface area contributed by atoms with E-state index in [4.69, 9.17) is 5.11 Å². The molecule has 102 valence electrons. The number of aliphatic hydroxyl groups is 1. The molecule has 1 aromatic rings. The molecule has 0 aliphatic rings. The molecule has 0 radical (unpaired) electrons. The standard InChI is InChI=1S/C8H5F6NO3/c9-7(10,11)6-3(2-16)15-5(17)1-4(6)18-8(12,13)14/h1,16H,2H2,(H,15,17). The largest absolute Gasteiger partial charge is 0.573 e. The van der Waals surface area contributed by atoms with Crippen LogP contribution in [0.25, 0.3) is 0 Å². The smallest absolute Gasteiger partial charge is 0.405 e. The van der Waals surface area contributed by atoms with Gasteiger partial charge < -0.3 is 14.8 Å². The first-order chi connectivity index (χ1) is 8.04. The van der Waals surface area contributed by atoms with Crippen molar-refractivity contribution in [2.75, 3.05) is 0 Å². The second kappa shape index (κ2) is 4.52. The Bertz CT molecular complexity index is 489. The minimum Gasteiger partial charge on any atom is -0.405 e. The van der Waals surface area contributed by atoms with Crippen molar-refractivity contribution in [3.63, 3.8) is 0 Å². The highest BCUT2D eigenvalue weighted by molar-refractivity contribution is 5.38. The summed E-state index contributed by atoms with van der Waals surface area (Å²) in [4.78, 5) is 12.4. The van der Waals surface area contributed by atoms with Crippen LogP contribution in [-0.2, 0) is 12.8 Å². The molecule has 2 N–H and O–H groups in total. The van der Waals surface area contributed by atoms with Gasteiger partial charge in [0.25, 0.3) is 5.56 Å². The summed E-state index contributed by atoms with van der Waals surface area (Å²) >= 11 is 0. The number of ether oxygens (including phenoxy) is 1. The van der Waals surface area contributed by atoms with E-state index < -0.39 is 41.7 Å². The Hall–Kier alpha value is -1.71. The Morgan fingerprint density at radius 3 is 2.17 bits per heavy atom. The number of aromatic nitrogens is 1. The Labute approximate surface area is 94.8 Å². The van der Waals surface area contributed by atoms with Gasteiger partial charge in [-0.3, -0.25) is 4.79 Å². The zero-order valence-corrected chi connectivity index (χ0v) is 8.32. The van der Waals surface area contributed by atoms with Crippen LogP contribution < -0.4 is 10.3 Å². The van der Waals surface area contributed by atoms with Crippen molar-refractivity contribution < 1.29 is 36.2 Å². The molecule has 10 heteroatoms. The summed E-state index contributed by atoms with van der Waals surface area (Å²) < 4.78 is 76.4. The van der Waals surface area contributed by atoms with E-state index in [1.54, 1.807) is 4.98 Å². The molecule has 0 saturated carbocycles. The average molecular weight is 277 g/mol. The number of aliphatic hydroxyl groups excluding tert-OH is 1. The lowest BCUT2D eigenvalue weighted by atomic mass is 10.1. The molecule has 0 spiro atoms. The molecule has 0 fully saturated rings. The molecule has 0 atom stereocenters. The highest BCUT2D eigenvalue weighted by atomic mass is 19.4. The molecule has 18 heavy (non-hydrogen) atoms. The van der Waals surface area contributed by atoms with Crippen molar-refractivity contribution in [3.05, 3.63) is 27.7 Å². The molecule has 0 aromatic carbocycles. The number of halogens is 6. The molecule has 4 nitrogen and oxygen atoms in total. The first kappa shape index (κ1) is 14.4. The highest BCUT2D eigenvalue weighted by Crippen LogP contribution is 2.39. The summed E-state index contributed by atoms with van der Waals surface area (Å²) in [7, 11) is 0. The fourth-order valence-electron chi connectivity index (χ4n) is 1.22. The van der Waals surface area contributed by atoms with Crippen molar-refractivity contribution in [1.29, 1.82) is 0 Å². The predicted octanol–water partition coefficient (Wildman–Crippen LogP) is 1.78. The van der Waals surface area contributed by atoms with E-state index in [-0.39, 0.29) is 6.07 Å². The molecule has 1 aromatic heterocycles. The van der Waals surface area contributed by atoms with Crippen LogP contribution in [0.4, 0.5) is 26.3 Å². The third kappa shape index (κ3) is 3.39. The number of nitrogens with one attached hydrogen (secondary N) is 1. The SMILES string of the molecule is O=c1cc(OC(F)(F)F)c(C(F)(F)F)c(CO)[nH]1. The lowest BCUT2D eigenvalue weighted by molar-refractivity contribution is -0.276. The van der Waals surface area contributed by atoms with E-state index in [2.05, 4.69) is 4.74 Å². The van der Waals surface area contributed by atoms with Gasteiger partial charge in [0.1, 0.15) is 11.3 Å². The fraction of sp³-hybridized carbons (Fsp3) is 0.375. The maximum atomic E-state index is 12.5. The minimum absolute atomic E-state index is 0.00940. The van der Waals surface area contributed by atoms with Crippen molar-refractivity contribution >= 4 is 0 Å². The van der Waals surface area contributed by atoms with Crippen LogP contribution in [0.3, 0.4) is 0 Å². The summed E-state index contributed by atoms with van der Waals surface area (Å²) in [5, 5.41) is 8.62. The Balaban J connectivity index is 3.48. The average Bonchev–Trinajstić information content (AvgIpc) is 2.11. The van der Waals surface area contributed by atoms with Crippen LogP contribution in [0.15, 0.2) is 10.9 Å². The number of aromatic amines is 1. The van der Waals surface area contributed by atoms with Crippen LogP contribution in [0, 0.1) is 0 Å². The van der Waals surface area contributed by atoms with Crippen LogP contribution in [0.5, 0.6) is 5.75 Å². The van der Waals surface area contributed by atoms with Gasteiger partial charge in [-0.15, -0.1) is 13.2 Å². The molecular formula is C8H5F6NO3. The van der Waals surface area contributed by atoms with Gasteiger partial charge in [-0.05, 0) is 0 Å². The summed E-state index contributed by atoms with van der Waals surface area (Å²) in [6.07, 6.45) is -10.6.